The molecule has 29 heavy (non-hydrogen) atoms. The van der Waals surface area contributed by atoms with E-state index in [0.717, 1.165) is 80.6 Å². The number of benzene rings is 1. The van der Waals surface area contributed by atoms with E-state index in [0.29, 0.717) is 12.0 Å². The molecule has 2 aliphatic heterocycles. The van der Waals surface area contributed by atoms with E-state index in [1.54, 1.807) is 11.3 Å². The van der Waals surface area contributed by atoms with Crippen molar-refractivity contribution in [3.8, 4) is 11.4 Å². The topological polar surface area (TPSA) is 59.5 Å². The van der Waals surface area contributed by atoms with Gasteiger partial charge in [0.2, 0.25) is 0 Å². The number of fused-ring (bicyclic) bond motifs is 1. The normalized spacial score (nSPS) is 21.4. The molecule has 2 aromatic heterocycles. The number of rotatable bonds is 6. The van der Waals surface area contributed by atoms with Crippen molar-refractivity contribution in [3.05, 3.63) is 41.1 Å². The van der Waals surface area contributed by atoms with Gasteiger partial charge >= 0.3 is 0 Å². The van der Waals surface area contributed by atoms with Crippen LogP contribution in [0.15, 0.2) is 41.1 Å². The van der Waals surface area contributed by atoms with E-state index in [9.17, 15) is 0 Å². The molecule has 0 amide bonds. The number of ether oxygens (including phenoxy) is 2. The van der Waals surface area contributed by atoms with Crippen LogP contribution in [0.1, 0.15) is 6.42 Å². The molecule has 2 atom stereocenters. The zero-order chi connectivity index (χ0) is 19.5. The molecule has 4 heterocycles. The lowest BCUT2D eigenvalue weighted by molar-refractivity contribution is 0.00460. The van der Waals surface area contributed by atoms with E-state index in [1.807, 2.05) is 12.1 Å². The van der Waals surface area contributed by atoms with Gasteiger partial charge in [0.25, 0.3) is 0 Å². The summed E-state index contributed by atoms with van der Waals surface area (Å²) in [5.41, 5.74) is 2.04. The van der Waals surface area contributed by atoms with Gasteiger partial charge in [0, 0.05) is 54.5 Å². The average molecular weight is 411 g/mol. The van der Waals surface area contributed by atoms with Gasteiger partial charge in [0.05, 0.1) is 25.3 Å². The average Bonchev–Trinajstić information content (AvgIpc) is 3.49. The van der Waals surface area contributed by atoms with Crippen LogP contribution in [0.3, 0.4) is 0 Å². The van der Waals surface area contributed by atoms with Crippen LogP contribution in [-0.2, 0) is 9.47 Å². The van der Waals surface area contributed by atoms with E-state index in [1.165, 1.54) is 0 Å². The highest BCUT2D eigenvalue weighted by Crippen LogP contribution is 2.27. The maximum Gasteiger partial charge on any atom is 0.162 e. The van der Waals surface area contributed by atoms with Gasteiger partial charge in [-0.1, -0.05) is 12.1 Å². The molecule has 7 heteroatoms. The molecule has 1 aromatic carbocycles. The van der Waals surface area contributed by atoms with Crippen LogP contribution >= 0.6 is 11.3 Å². The third-order valence-corrected chi connectivity index (χ3v) is 6.57. The molecule has 0 unspecified atom stereocenters. The predicted molar refractivity (Wildman–Crippen MR) is 116 cm³/mol. The van der Waals surface area contributed by atoms with Crippen molar-refractivity contribution in [2.24, 2.45) is 5.92 Å². The van der Waals surface area contributed by atoms with Crippen molar-refractivity contribution in [1.82, 2.24) is 14.9 Å². The minimum Gasteiger partial charge on any atom is -0.381 e. The molecule has 2 fully saturated rings. The molecule has 5 rings (SSSR count). The molecule has 0 bridgehead atoms. The lowest BCUT2D eigenvalue weighted by Gasteiger charge is -2.37. The number of thiophene rings is 1. The summed E-state index contributed by atoms with van der Waals surface area (Å²) in [7, 11) is 0. The second-order valence-corrected chi connectivity index (χ2v) is 8.43. The first-order chi connectivity index (χ1) is 14.4. The summed E-state index contributed by atoms with van der Waals surface area (Å²) in [6, 6.07) is 10.7. The molecule has 2 aliphatic rings. The number of nitrogens with zero attached hydrogens (tertiary/aromatic N) is 3. The van der Waals surface area contributed by atoms with Crippen LogP contribution in [-0.4, -0.2) is 67.0 Å². The maximum absolute atomic E-state index is 5.71. The van der Waals surface area contributed by atoms with Crippen LogP contribution in [0, 0.1) is 5.92 Å². The summed E-state index contributed by atoms with van der Waals surface area (Å²) >= 11 is 1.67. The van der Waals surface area contributed by atoms with Gasteiger partial charge in [0.15, 0.2) is 5.82 Å². The Balaban J connectivity index is 1.43. The molecule has 1 N–H and O–H groups in total. The third kappa shape index (κ3) is 4.14. The molecular weight excluding hydrogens is 384 g/mol. The fourth-order valence-corrected chi connectivity index (χ4v) is 4.93. The number of hydrogen-bond donors (Lipinski definition) is 1. The van der Waals surface area contributed by atoms with Crippen LogP contribution in [0.5, 0.6) is 0 Å². The van der Waals surface area contributed by atoms with E-state index < -0.39 is 0 Å². The standard InChI is InChI=1S/C22H26N4O2S/c1-2-4-19-18(3-1)22(25-21(24-19)17-6-12-29-15-17)23-13-20(16-5-9-28-14-16)26-7-10-27-11-8-26/h1-4,6,12,15-16,20H,5,7-11,13-14H2,(H,23,24,25)/t16-,20+/m1/s1. The number of aromatic nitrogens is 2. The quantitative estimate of drug-likeness (QED) is 0.671. The second-order valence-electron chi connectivity index (χ2n) is 7.65. The van der Waals surface area contributed by atoms with Crippen molar-refractivity contribution in [2.45, 2.75) is 12.5 Å². The van der Waals surface area contributed by atoms with E-state index in [-0.39, 0.29) is 0 Å². The Hall–Kier alpha value is -2.06. The fourth-order valence-electron chi connectivity index (χ4n) is 4.29. The first kappa shape index (κ1) is 18.9. The maximum atomic E-state index is 5.71. The van der Waals surface area contributed by atoms with E-state index in [4.69, 9.17) is 19.4 Å². The zero-order valence-corrected chi connectivity index (χ0v) is 17.2. The van der Waals surface area contributed by atoms with Crippen LogP contribution in [0.25, 0.3) is 22.3 Å². The summed E-state index contributed by atoms with van der Waals surface area (Å²) in [5.74, 6) is 2.23. The smallest absolute Gasteiger partial charge is 0.162 e. The number of morpholine rings is 1. The van der Waals surface area contributed by atoms with Crippen LogP contribution < -0.4 is 5.32 Å². The van der Waals surface area contributed by atoms with Gasteiger partial charge in [-0.05, 0) is 30.0 Å². The highest BCUT2D eigenvalue weighted by molar-refractivity contribution is 7.08. The zero-order valence-electron chi connectivity index (χ0n) is 16.4. The lowest BCUT2D eigenvalue weighted by atomic mass is 9.97. The molecule has 0 spiro atoms. The van der Waals surface area contributed by atoms with E-state index >= 15 is 0 Å². The number of para-hydroxylation sites is 1. The van der Waals surface area contributed by atoms with Gasteiger partial charge in [-0.15, -0.1) is 0 Å². The van der Waals surface area contributed by atoms with Crippen molar-refractivity contribution < 1.29 is 9.47 Å². The van der Waals surface area contributed by atoms with Crippen LogP contribution in [0.4, 0.5) is 5.82 Å². The minimum absolute atomic E-state index is 0.416. The summed E-state index contributed by atoms with van der Waals surface area (Å²) in [4.78, 5) is 12.2. The van der Waals surface area contributed by atoms with Gasteiger partial charge in [-0.3, -0.25) is 4.90 Å². The lowest BCUT2D eigenvalue weighted by Crippen LogP contribution is -2.50. The summed E-state index contributed by atoms with van der Waals surface area (Å²) in [5, 5.41) is 8.91. The highest BCUT2D eigenvalue weighted by Gasteiger charge is 2.31. The van der Waals surface area contributed by atoms with Gasteiger partial charge in [-0.2, -0.15) is 11.3 Å². The van der Waals surface area contributed by atoms with E-state index in [2.05, 4.69) is 39.2 Å². The molecule has 152 valence electrons. The Morgan fingerprint density at radius 2 is 2.00 bits per heavy atom. The monoisotopic (exact) mass is 410 g/mol. The Morgan fingerprint density at radius 1 is 1.10 bits per heavy atom. The van der Waals surface area contributed by atoms with Gasteiger partial charge in [0.1, 0.15) is 5.82 Å². The predicted octanol–water partition coefficient (Wildman–Crippen LogP) is 3.51. The Labute approximate surface area is 174 Å². The summed E-state index contributed by atoms with van der Waals surface area (Å²) in [6.07, 6.45) is 1.12. The summed E-state index contributed by atoms with van der Waals surface area (Å²) < 4.78 is 11.3. The Bertz CT molecular complexity index is 937. The molecule has 6 nitrogen and oxygen atoms in total. The minimum atomic E-state index is 0.416. The molecule has 0 radical (unpaired) electrons. The molecular formula is C22H26N4O2S. The van der Waals surface area contributed by atoms with Crippen molar-refractivity contribution in [2.75, 3.05) is 51.4 Å². The van der Waals surface area contributed by atoms with Gasteiger partial charge in [-0.25, -0.2) is 9.97 Å². The Morgan fingerprint density at radius 3 is 2.79 bits per heavy atom. The molecule has 0 saturated carbocycles. The first-order valence-corrected chi connectivity index (χ1v) is 11.3. The number of hydrogen-bond acceptors (Lipinski definition) is 7. The fraction of sp³-hybridized carbons (Fsp3) is 0.455. The largest absolute Gasteiger partial charge is 0.381 e. The summed E-state index contributed by atoms with van der Waals surface area (Å²) in [6.45, 7) is 6.13. The van der Waals surface area contributed by atoms with Crippen molar-refractivity contribution in [3.63, 3.8) is 0 Å². The van der Waals surface area contributed by atoms with Crippen molar-refractivity contribution >= 4 is 28.1 Å². The molecule has 2 saturated heterocycles. The number of anilines is 1. The van der Waals surface area contributed by atoms with Crippen LogP contribution in [0.2, 0.25) is 0 Å². The van der Waals surface area contributed by atoms with Gasteiger partial charge < -0.3 is 14.8 Å². The third-order valence-electron chi connectivity index (χ3n) is 5.89. The first-order valence-electron chi connectivity index (χ1n) is 10.3. The molecule has 0 aliphatic carbocycles. The highest BCUT2D eigenvalue weighted by atomic mass is 32.1. The molecule has 3 aromatic rings. The van der Waals surface area contributed by atoms with Crippen molar-refractivity contribution in [1.29, 1.82) is 0 Å². The Kier molecular flexibility index (Phi) is 5.71. The SMILES string of the molecule is c1ccc2c(NC[C@@H]([C@@H]3CCOC3)N3CCOCC3)nc(-c3ccsc3)nc2c1. The number of nitrogens with one attached hydrogen (secondary N) is 1. The second kappa shape index (κ2) is 8.75.